The van der Waals surface area contributed by atoms with Gasteiger partial charge in [-0.15, -0.1) is 0 Å². The number of ether oxygens (including phenoxy) is 1. The van der Waals surface area contributed by atoms with Gasteiger partial charge >= 0.3 is 0 Å². The van der Waals surface area contributed by atoms with Crippen molar-refractivity contribution >= 4 is 0 Å². The third kappa shape index (κ3) is 4.38. The zero-order valence-corrected chi connectivity index (χ0v) is 11.7. The van der Waals surface area contributed by atoms with Gasteiger partial charge < -0.3 is 10.1 Å². The van der Waals surface area contributed by atoms with Gasteiger partial charge in [0.15, 0.2) is 0 Å². The molecule has 0 amide bonds. The minimum atomic E-state index is -0.319. The molecule has 1 N–H and O–H groups in total. The van der Waals surface area contributed by atoms with Crippen LogP contribution in [0.2, 0.25) is 0 Å². The van der Waals surface area contributed by atoms with Crippen LogP contribution in [0.15, 0.2) is 18.2 Å². The van der Waals surface area contributed by atoms with Crippen molar-refractivity contribution in [3.8, 4) is 11.8 Å². The second-order valence-corrected chi connectivity index (χ2v) is 5.13. The van der Waals surface area contributed by atoms with Gasteiger partial charge in [0.1, 0.15) is 5.75 Å². The first-order valence-electron chi connectivity index (χ1n) is 6.33. The summed E-state index contributed by atoms with van der Waals surface area (Å²) in [5.41, 5.74) is 2.04. The molecule has 1 aromatic carbocycles. The van der Waals surface area contributed by atoms with Crippen LogP contribution in [-0.2, 0) is 6.54 Å². The molecule has 0 aromatic heterocycles. The molecule has 3 nitrogen and oxygen atoms in total. The first kappa shape index (κ1) is 14.5. The topological polar surface area (TPSA) is 45.0 Å². The van der Waals surface area contributed by atoms with Crippen LogP contribution >= 0.6 is 0 Å². The zero-order valence-electron chi connectivity index (χ0n) is 11.7. The summed E-state index contributed by atoms with van der Waals surface area (Å²) in [6.07, 6.45) is 0. The van der Waals surface area contributed by atoms with Gasteiger partial charge in [0.05, 0.1) is 18.1 Å². The Balaban J connectivity index is 2.54. The predicted octanol–water partition coefficient (Wildman–Crippen LogP) is 3.03. The summed E-state index contributed by atoms with van der Waals surface area (Å²) in [6, 6.07) is 8.47. The lowest BCUT2D eigenvalue weighted by atomic mass is 9.96. The molecule has 1 rings (SSSR count). The second-order valence-electron chi connectivity index (χ2n) is 5.13. The highest BCUT2D eigenvalue weighted by atomic mass is 16.5. The van der Waals surface area contributed by atoms with E-state index in [1.165, 1.54) is 5.56 Å². The molecule has 0 atom stereocenters. The van der Waals surface area contributed by atoms with Gasteiger partial charge in [-0.3, -0.25) is 0 Å². The maximum absolute atomic E-state index is 8.92. The molecule has 98 valence electrons. The number of hydrogen-bond acceptors (Lipinski definition) is 3. The van der Waals surface area contributed by atoms with E-state index in [1.807, 2.05) is 33.8 Å². The largest absolute Gasteiger partial charge is 0.494 e. The predicted molar refractivity (Wildman–Crippen MR) is 73.4 cm³/mol. The van der Waals surface area contributed by atoms with Crippen molar-refractivity contribution in [2.75, 3.05) is 13.2 Å². The van der Waals surface area contributed by atoms with Crippen molar-refractivity contribution in [2.24, 2.45) is 5.41 Å². The minimum absolute atomic E-state index is 0.319. The van der Waals surface area contributed by atoms with E-state index in [0.717, 1.165) is 17.9 Å². The Kier molecular flexibility index (Phi) is 5.18. The fourth-order valence-corrected chi connectivity index (χ4v) is 1.70. The van der Waals surface area contributed by atoms with Crippen LogP contribution in [0.4, 0.5) is 0 Å². The number of nitrogens with zero attached hydrogens (tertiary/aromatic N) is 1. The van der Waals surface area contributed by atoms with Gasteiger partial charge in [-0.25, -0.2) is 0 Å². The monoisotopic (exact) mass is 246 g/mol. The highest BCUT2D eigenvalue weighted by Gasteiger charge is 2.15. The Bertz CT molecular complexity index is 433. The van der Waals surface area contributed by atoms with Crippen LogP contribution in [0.25, 0.3) is 0 Å². The Labute approximate surface area is 110 Å². The Hall–Kier alpha value is -1.53. The number of nitrogens with one attached hydrogen (secondary N) is 1. The van der Waals surface area contributed by atoms with Crippen molar-refractivity contribution in [3.05, 3.63) is 29.3 Å². The van der Waals surface area contributed by atoms with Crippen molar-refractivity contribution in [3.63, 3.8) is 0 Å². The van der Waals surface area contributed by atoms with E-state index in [4.69, 9.17) is 10.00 Å². The third-order valence-electron chi connectivity index (χ3n) is 2.74. The van der Waals surface area contributed by atoms with E-state index in [2.05, 4.69) is 23.5 Å². The van der Waals surface area contributed by atoms with Gasteiger partial charge in [-0.1, -0.05) is 12.1 Å². The van der Waals surface area contributed by atoms with Crippen LogP contribution in [0.5, 0.6) is 5.75 Å². The molecular weight excluding hydrogens is 224 g/mol. The summed E-state index contributed by atoms with van der Waals surface area (Å²) in [7, 11) is 0. The fraction of sp³-hybridized carbons (Fsp3) is 0.533. The molecule has 0 unspecified atom stereocenters. The minimum Gasteiger partial charge on any atom is -0.494 e. The van der Waals surface area contributed by atoms with Crippen LogP contribution in [0.3, 0.4) is 0 Å². The van der Waals surface area contributed by atoms with Crippen LogP contribution in [0, 0.1) is 23.7 Å². The molecule has 0 bridgehead atoms. The van der Waals surface area contributed by atoms with E-state index in [-0.39, 0.29) is 5.41 Å². The lowest BCUT2D eigenvalue weighted by Crippen LogP contribution is -2.27. The van der Waals surface area contributed by atoms with Gasteiger partial charge in [0, 0.05) is 13.1 Å². The molecule has 0 saturated heterocycles. The maximum Gasteiger partial charge on any atom is 0.122 e. The average Bonchev–Trinajstić information content (AvgIpc) is 2.32. The van der Waals surface area contributed by atoms with Crippen molar-refractivity contribution in [1.82, 2.24) is 5.32 Å². The van der Waals surface area contributed by atoms with Crippen molar-refractivity contribution in [2.45, 2.75) is 34.2 Å². The number of nitriles is 1. The maximum atomic E-state index is 8.92. The Morgan fingerprint density at radius 3 is 2.67 bits per heavy atom. The lowest BCUT2D eigenvalue weighted by molar-refractivity contribution is 0.337. The zero-order chi connectivity index (χ0) is 13.6. The molecule has 1 aromatic rings. The van der Waals surface area contributed by atoms with E-state index >= 15 is 0 Å². The second kappa shape index (κ2) is 6.42. The molecule has 0 aliphatic rings. The number of hydrogen-bond donors (Lipinski definition) is 1. The summed E-state index contributed by atoms with van der Waals surface area (Å²) in [5.74, 6) is 0.943. The summed E-state index contributed by atoms with van der Waals surface area (Å²) in [6.45, 7) is 10.1. The molecule has 0 radical (unpaired) electrons. The van der Waals surface area contributed by atoms with E-state index in [0.29, 0.717) is 13.2 Å². The summed E-state index contributed by atoms with van der Waals surface area (Å²) in [4.78, 5) is 0. The van der Waals surface area contributed by atoms with Gasteiger partial charge in [-0.05, 0) is 44.9 Å². The SMILES string of the molecule is CCOc1ccc(CNCC(C)(C)C#N)cc1C. The standard InChI is InChI=1S/C15H22N2O/c1-5-18-14-7-6-13(8-12(14)2)9-17-11-15(3,4)10-16/h6-8,17H,5,9,11H2,1-4H3. The van der Waals surface area contributed by atoms with E-state index in [1.54, 1.807) is 0 Å². The number of rotatable bonds is 6. The highest BCUT2D eigenvalue weighted by molar-refractivity contribution is 5.36. The number of aryl methyl sites for hydroxylation is 1. The van der Waals surface area contributed by atoms with E-state index in [9.17, 15) is 0 Å². The molecule has 0 heterocycles. The van der Waals surface area contributed by atoms with Gasteiger partial charge in [0.25, 0.3) is 0 Å². The number of benzene rings is 1. The molecule has 0 aliphatic heterocycles. The molecule has 0 fully saturated rings. The van der Waals surface area contributed by atoms with Crippen LogP contribution < -0.4 is 10.1 Å². The van der Waals surface area contributed by atoms with Crippen LogP contribution in [0.1, 0.15) is 31.9 Å². The fourth-order valence-electron chi connectivity index (χ4n) is 1.70. The Morgan fingerprint density at radius 1 is 1.39 bits per heavy atom. The smallest absolute Gasteiger partial charge is 0.122 e. The summed E-state index contributed by atoms with van der Waals surface area (Å²) >= 11 is 0. The highest BCUT2D eigenvalue weighted by Crippen LogP contribution is 2.19. The molecule has 18 heavy (non-hydrogen) atoms. The summed E-state index contributed by atoms with van der Waals surface area (Å²) in [5, 5.41) is 12.2. The van der Waals surface area contributed by atoms with Crippen molar-refractivity contribution in [1.29, 1.82) is 5.26 Å². The third-order valence-corrected chi connectivity index (χ3v) is 2.74. The van der Waals surface area contributed by atoms with Gasteiger partial charge in [0.2, 0.25) is 0 Å². The summed E-state index contributed by atoms with van der Waals surface area (Å²) < 4.78 is 5.50. The first-order chi connectivity index (χ1) is 8.48. The van der Waals surface area contributed by atoms with Gasteiger partial charge in [-0.2, -0.15) is 5.26 Å². The Morgan fingerprint density at radius 2 is 2.11 bits per heavy atom. The lowest BCUT2D eigenvalue weighted by Gasteiger charge is -2.16. The average molecular weight is 246 g/mol. The quantitative estimate of drug-likeness (QED) is 0.839. The first-order valence-corrected chi connectivity index (χ1v) is 6.33. The van der Waals surface area contributed by atoms with Crippen LogP contribution in [-0.4, -0.2) is 13.2 Å². The van der Waals surface area contributed by atoms with Crippen molar-refractivity contribution < 1.29 is 4.74 Å². The molecule has 0 aliphatic carbocycles. The molecule has 0 spiro atoms. The normalized spacial score (nSPS) is 11.1. The van der Waals surface area contributed by atoms with E-state index < -0.39 is 0 Å². The molecule has 0 saturated carbocycles. The molecular formula is C15H22N2O. The molecule has 3 heteroatoms.